The highest BCUT2D eigenvalue weighted by atomic mass is 16.1. The molecule has 0 aliphatic carbocycles. The third kappa shape index (κ3) is 3.31. The van der Waals surface area contributed by atoms with Crippen molar-refractivity contribution in [3.8, 4) is 11.1 Å². The molecule has 0 atom stereocenters. The van der Waals surface area contributed by atoms with Gasteiger partial charge >= 0.3 is 0 Å². The summed E-state index contributed by atoms with van der Waals surface area (Å²) in [5, 5.41) is 0. The van der Waals surface area contributed by atoms with Crippen LogP contribution < -0.4 is 0 Å². The third-order valence-electron chi connectivity index (χ3n) is 3.42. The molecule has 1 nitrogen and oxygen atoms in total. The molecule has 0 aromatic heterocycles. The largest absolute Gasteiger partial charge is 0.298 e. The Labute approximate surface area is 115 Å². The molecule has 0 amide bonds. The van der Waals surface area contributed by atoms with Gasteiger partial charge < -0.3 is 0 Å². The van der Waals surface area contributed by atoms with Gasteiger partial charge in [0.1, 0.15) is 0 Å². The lowest BCUT2D eigenvalue weighted by Crippen LogP contribution is -1.90. The topological polar surface area (TPSA) is 17.1 Å². The molecule has 0 spiro atoms. The molecule has 0 fully saturated rings. The Bertz CT molecular complexity index is 552. The molecule has 0 heterocycles. The molecule has 0 radical (unpaired) electrons. The molecule has 2 aromatic carbocycles. The van der Waals surface area contributed by atoms with Crippen LogP contribution in [0.15, 0.2) is 42.5 Å². The van der Waals surface area contributed by atoms with Crippen LogP contribution >= 0.6 is 0 Å². The lowest BCUT2D eigenvalue weighted by atomic mass is 9.96. The Balaban J connectivity index is 2.31. The molecular formula is C18H20O. The first-order valence-electron chi connectivity index (χ1n) is 6.89. The fourth-order valence-electron chi connectivity index (χ4n) is 2.25. The molecule has 19 heavy (non-hydrogen) atoms. The van der Waals surface area contributed by atoms with E-state index in [0.717, 1.165) is 29.4 Å². The number of rotatable bonds is 5. The van der Waals surface area contributed by atoms with E-state index in [1.165, 1.54) is 24.0 Å². The van der Waals surface area contributed by atoms with Crippen LogP contribution in [-0.2, 0) is 6.42 Å². The minimum absolute atomic E-state index is 0.756. The number of benzene rings is 2. The van der Waals surface area contributed by atoms with Gasteiger partial charge in [-0.3, -0.25) is 4.79 Å². The Hall–Kier alpha value is -1.89. The normalized spacial score (nSPS) is 10.4. The molecule has 0 saturated heterocycles. The Kier molecular flexibility index (Phi) is 4.51. The lowest BCUT2D eigenvalue weighted by molar-refractivity contribution is 0.112. The molecule has 0 aliphatic heterocycles. The van der Waals surface area contributed by atoms with Crippen molar-refractivity contribution in [1.29, 1.82) is 0 Å². The van der Waals surface area contributed by atoms with E-state index in [9.17, 15) is 4.79 Å². The molecule has 0 N–H and O–H groups in total. The maximum atomic E-state index is 11.1. The van der Waals surface area contributed by atoms with Crippen LogP contribution in [-0.4, -0.2) is 6.29 Å². The third-order valence-corrected chi connectivity index (χ3v) is 3.42. The highest BCUT2D eigenvalue weighted by Gasteiger charge is 2.05. The van der Waals surface area contributed by atoms with E-state index in [-0.39, 0.29) is 0 Å². The molecule has 0 bridgehead atoms. The van der Waals surface area contributed by atoms with E-state index in [1.807, 2.05) is 19.1 Å². The zero-order chi connectivity index (χ0) is 13.7. The molecule has 0 unspecified atom stereocenters. The molecule has 2 rings (SSSR count). The van der Waals surface area contributed by atoms with E-state index in [4.69, 9.17) is 0 Å². The summed E-state index contributed by atoms with van der Waals surface area (Å²) in [5.74, 6) is 0. The van der Waals surface area contributed by atoms with Crippen molar-refractivity contribution in [3.05, 3.63) is 59.2 Å². The first-order chi connectivity index (χ1) is 9.24. The molecule has 1 heteroatoms. The van der Waals surface area contributed by atoms with Crippen LogP contribution in [0.3, 0.4) is 0 Å². The summed E-state index contributed by atoms with van der Waals surface area (Å²) in [4.78, 5) is 11.1. The average Bonchev–Trinajstić information content (AvgIpc) is 2.45. The van der Waals surface area contributed by atoms with Crippen molar-refractivity contribution in [2.75, 3.05) is 0 Å². The lowest BCUT2D eigenvalue weighted by Gasteiger charge is -2.08. The summed E-state index contributed by atoms with van der Waals surface area (Å²) in [6, 6.07) is 14.5. The van der Waals surface area contributed by atoms with Gasteiger partial charge in [0, 0.05) is 5.56 Å². The minimum atomic E-state index is 0.756. The maximum Gasteiger partial charge on any atom is 0.150 e. The van der Waals surface area contributed by atoms with E-state index in [0.29, 0.717) is 0 Å². The Morgan fingerprint density at radius 3 is 2.42 bits per heavy atom. The average molecular weight is 252 g/mol. The summed E-state index contributed by atoms with van der Waals surface area (Å²) in [7, 11) is 0. The van der Waals surface area contributed by atoms with Gasteiger partial charge in [-0.25, -0.2) is 0 Å². The molecular weight excluding hydrogens is 232 g/mol. The number of carbonyl (C=O) groups is 1. The van der Waals surface area contributed by atoms with Gasteiger partial charge in [0.05, 0.1) is 0 Å². The van der Waals surface area contributed by atoms with Crippen LogP contribution in [0.2, 0.25) is 0 Å². The van der Waals surface area contributed by atoms with E-state index in [1.54, 1.807) is 0 Å². The summed E-state index contributed by atoms with van der Waals surface area (Å²) >= 11 is 0. The van der Waals surface area contributed by atoms with E-state index < -0.39 is 0 Å². The van der Waals surface area contributed by atoms with Crippen molar-refractivity contribution in [1.82, 2.24) is 0 Å². The highest BCUT2D eigenvalue weighted by molar-refractivity contribution is 5.87. The quantitative estimate of drug-likeness (QED) is 0.697. The number of unbranched alkanes of at least 4 members (excludes halogenated alkanes) is 1. The van der Waals surface area contributed by atoms with Crippen LogP contribution in [0, 0.1) is 6.92 Å². The van der Waals surface area contributed by atoms with E-state index in [2.05, 4.69) is 37.3 Å². The minimum Gasteiger partial charge on any atom is -0.298 e. The number of hydrogen-bond acceptors (Lipinski definition) is 1. The van der Waals surface area contributed by atoms with Gasteiger partial charge in [-0.1, -0.05) is 61.4 Å². The second-order valence-corrected chi connectivity index (χ2v) is 5.01. The zero-order valence-corrected chi connectivity index (χ0v) is 11.6. The van der Waals surface area contributed by atoms with Gasteiger partial charge in [-0.05, 0) is 36.5 Å². The number of carbonyl (C=O) groups excluding carboxylic acids is 1. The molecule has 0 aliphatic rings. The summed E-state index contributed by atoms with van der Waals surface area (Å²) in [5.41, 5.74) is 5.44. The number of aldehydes is 1. The van der Waals surface area contributed by atoms with Crippen molar-refractivity contribution in [2.24, 2.45) is 0 Å². The monoisotopic (exact) mass is 252 g/mol. The van der Waals surface area contributed by atoms with Gasteiger partial charge in [-0.2, -0.15) is 0 Å². The molecule has 2 aromatic rings. The van der Waals surface area contributed by atoms with Crippen molar-refractivity contribution < 1.29 is 4.79 Å². The molecule has 98 valence electrons. The van der Waals surface area contributed by atoms with Gasteiger partial charge in [0.2, 0.25) is 0 Å². The summed E-state index contributed by atoms with van der Waals surface area (Å²) in [6.45, 7) is 4.26. The van der Waals surface area contributed by atoms with Crippen molar-refractivity contribution in [2.45, 2.75) is 33.1 Å². The smallest absolute Gasteiger partial charge is 0.150 e. The highest BCUT2D eigenvalue weighted by Crippen LogP contribution is 2.24. The summed E-state index contributed by atoms with van der Waals surface area (Å²) < 4.78 is 0. The predicted octanol–water partition coefficient (Wildman–Crippen LogP) is 4.82. The zero-order valence-electron chi connectivity index (χ0n) is 11.6. The fourth-order valence-corrected chi connectivity index (χ4v) is 2.25. The van der Waals surface area contributed by atoms with Crippen LogP contribution in [0.5, 0.6) is 0 Å². The maximum absolute atomic E-state index is 11.1. The fraction of sp³-hybridized carbons (Fsp3) is 0.278. The predicted molar refractivity (Wildman–Crippen MR) is 80.6 cm³/mol. The summed E-state index contributed by atoms with van der Waals surface area (Å²) in [6.07, 6.45) is 4.50. The van der Waals surface area contributed by atoms with Crippen LogP contribution in [0.25, 0.3) is 11.1 Å². The van der Waals surface area contributed by atoms with Gasteiger partial charge in [0.25, 0.3) is 0 Å². The van der Waals surface area contributed by atoms with Crippen molar-refractivity contribution in [3.63, 3.8) is 0 Å². The van der Waals surface area contributed by atoms with E-state index >= 15 is 0 Å². The number of aryl methyl sites for hydroxylation is 2. The standard InChI is InChI=1S/C18H20O/c1-3-4-5-15-7-10-16(11-8-15)18-12-14(2)6-9-17(18)13-19/h6-13H,3-5H2,1-2H3. The first kappa shape index (κ1) is 13.5. The van der Waals surface area contributed by atoms with Crippen LogP contribution in [0.1, 0.15) is 41.3 Å². The molecule has 0 saturated carbocycles. The van der Waals surface area contributed by atoms with Gasteiger partial charge in [-0.15, -0.1) is 0 Å². The Morgan fingerprint density at radius 2 is 1.79 bits per heavy atom. The van der Waals surface area contributed by atoms with Crippen LogP contribution in [0.4, 0.5) is 0 Å². The number of hydrogen-bond donors (Lipinski definition) is 0. The van der Waals surface area contributed by atoms with Crippen molar-refractivity contribution >= 4 is 6.29 Å². The second-order valence-electron chi connectivity index (χ2n) is 5.01. The van der Waals surface area contributed by atoms with Gasteiger partial charge in [0.15, 0.2) is 6.29 Å². The first-order valence-corrected chi connectivity index (χ1v) is 6.89. The Morgan fingerprint density at radius 1 is 1.05 bits per heavy atom. The second kappa shape index (κ2) is 6.33. The SMILES string of the molecule is CCCCc1ccc(-c2cc(C)ccc2C=O)cc1.